The van der Waals surface area contributed by atoms with Crippen LogP contribution in [-0.4, -0.2) is 44.3 Å². The molecule has 2 fully saturated rings. The van der Waals surface area contributed by atoms with Crippen LogP contribution in [-0.2, 0) is 19.2 Å². The van der Waals surface area contributed by atoms with Crippen LogP contribution in [0.4, 0.5) is 0 Å². The minimum absolute atomic E-state index is 0.0184. The van der Waals surface area contributed by atoms with Gasteiger partial charge in [-0.25, -0.2) is 0 Å². The van der Waals surface area contributed by atoms with Crippen LogP contribution in [0.5, 0.6) is 0 Å². The van der Waals surface area contributed by atoms with Crippen molar-refractivity contribution in [1.29, 1.82) is 0 Å². The predicted molar refractivity (Wildman–Crippen MR) is 65.3 cm³/mol. The van der Waals surface area contributed by atoms with Gasteiger partial charge in [-0.15, -0.1) is 0 Å². The van der Waals surface area contributed by atoms with Gasteiger partial charge in [0.2, 0.25) is 0 Å². The van der Waals surface area contributed by atoms with Crippen LogP contribution in [0, 0.1) is 35.5 Å². The number of rotatable bonds is 4. The molecule has 6 atom stereocenters. The lowest BCUT2D eigenvalue weighted by atomic mass is 9.65. The largest absolute Gasteiger partial charge is 0.481 e. The first-order valence-electron chi connectivity index (χ1n) is 6.65. The van der Waals surface area contributed by atoms with Crippen LogP contribution >= 0.6 is 0 Å². The maximum Gasteiger partial charge on any atom is 0.306 e. The zero-order valence-corrected chi connectivity index (χ0v) is 11.0. The molecule has 0 aromatic rings. The minimum atomic E-state index is -1.26. The highest BCUT2D eigenvalue weighted by Crippen LogP contribution is 2.53. The molecular formula is C13H16O8. The van der Waals surface area contributed by atoms with E-state index < -0.39 is 59.4 Å². The van der Waals surface area contributed by atoms with Crippen molar-refractivity contribution in [2.75, 3.05) is 0 Å². The first kappa shape index (κ1) is 15.3. The Kier molecular flexibility index (Phi) is 3.89. The smallest absolute Gasteiger partial charge is 0.306 e. The molecular weight excluding hydrogens is 284 g/mol. The van der Waals surface area contributed by atoms with Crippen molar-refractivity contribution in [1.82, 2.24) is 0 Å². The summed E-state index contributed by atoms with van der Waals surface area (Å²) >= 11 is 0. The van der Waals surface area contributed by atoms with Gasteiger partial charge >= 0.3 is 23.9 Å². The molecule has 8 heteroatoms. The van der Waals surface area contributed by atoms with Crippen molar-refractivity contribution in [2.24, 2.45) is 35.5 Å². The van der Waals surface area contributed by atoms with E-state index in [9.17, 15) is 34.5 Å². The molecule has 21 heavy (non-hydrogen) atoms. The average molecular weight is 300 g/mol. The third-order valence-corrected chi connectivity index (χ3v) is 4.84. The van der Waals surface area contributed by atoms with Crippen molar-refractivity contribution >= 4 is 23.9 Å². The molecule has 0 saturated heterocycles. The number of aliphatic carboxylic acids is 4. The maximum absolute atomic E-state index is 11.4. The Labute approximate surface area is 119 Å². The highest BCUT2D eigenvalue weighted by Gasteiger charge is 2.57. The molecule has 0 aliphatic heterocycles. The summed E-state index contributed by atoms with van der Waals surface area (Å²) in [5.74, 6) is -10.5. The van der Waals surface area contributed by atoms with Crippen molar-refractivity contribution in [2.45, 2.75) is 19.3 Å². The van der Waals surface area contributed by atoms with E-state index in [1.54, 1.807) is 0 Å². The molecule has 0 bridgehead atoms. The molecule has 2 aliphatic carbocycles. The van der Waals surface area contributed by atoms with Crippen LogP contribution in [0.25, 0.3) is 0 Å². The van der Waals surface area contributed by atoms with E-state index in [0.29, 0.717) is 0 Å². The van der Waals surface area contributed by atoms with Gasteiger partial charge in [0.05, 0.1) is 23.7 Å². The second kappa shape index (κ2) is 5.34. The van der Waals surface area contributed by atoms with Gasteiger partial charge in [0.25, 0.3) is 0 Å². The summed E-state index contributed by atoms with van der Waals surface area (Å²) in [5.41, 5.74) is 0. The van der Waals surface area contributed by atoms with Crippen molar-refractivity contribution in [3.05, 3.63) is 0 Å². The van der Waals surface area contributed by atoms with Crippen LogP contribution in [0.1, 0.15) is 19.3 Å². The first-order valence-corrected chi connectivity index (χ1v) is 6.65. The molecule has 0 amide bonds. The monoisotopic (exact) mass is 300 g/mol. The zero-order chi connectivity index (χ0) is 15.9. The quantitative estimate of drug-likeness (QED) is 0.576. The Morgan fingerprint density at radius 3 is 1.52 bits per heavy atom. The van der Waals surface area contributed by atoms with Gasteiger partial charge in [-0.05, 0) is 31.1 Å². The van der Waals surface area contributed by atoms with Gasteiger partial charge in [-0.2, -0.15) is 0 Å². The second-order valence-electron chi connectivity index (χ2n) is 5.82. The number of carboxylic acid groups (broad SMARTS) is 4. The van der Waals surface area contributed by atoms with E-state index >= 15 is 0 Å². The summed E-state index contributed by atoms with van der Waals surface area (Å²) < 4.78 is 0. The molecule has 6 unspecified atom stereocenters. The van der Waals surface area contributed by atoms with Gasteiger partial charge in [0, 0.05) is 0 Å². The van der Waals surface area contributed by atoms with Crippen LogP contribution < -0.4 is 0 Å². The SMILES string of the molecule is O=C(O)C1CC(C(=O)O)C2C(C(=O)O)CC(C(=O)O)C2C1. The van der Waals surface area contributed by atoms with Crippen LogP contribution in [0.3, 0.4) is 0 Å². The normalized spacial score (nSPS) is 38.5. The fourth-order valence-electron chi connectivity index (χ4n) is 3.98. The molecule has 0 aromatic heterocycles. The number of carbonyl (C=O) groups is 4. The van der Waals surface area contributed by atoms with Gasteiger partial charge in [-0.3, -0.25) is 19.2 Å². The van der Waals surface area contributed by atoms with Gasteiger partial charge in [0.15, 0.2) is 0 Å². The summed E-state index contributed by atoms with van der Waals surface area (Å²) in [6.07, 6.45) is -0.275. The standard InChI is InChI=1S/C13H16O8/c14-10(15)4-1-5-6(11(16)17)3-8(13(20)21)9(5)7(2-4)12(18)19/h4-9H,1-3H2,(H,14,15)(H,16,17)(H,18,19)(H,20,21). The molecule has 0 radical (unpaired) electrons. The lowest BCUT2D eigenvalue weighted by Gasteiger charge is -2.37. The molecule has 0 spiro atoms. The average Bonchev–Trinajstić information content (AvgIpc) is 2.76. The highest BCUT2D eigenvalue weighted by molar-refractivity contribution is 5.80. The van der Waals surface area contributed by atoms with Crippen molar-refractivity contribution in [3.63, 3.8) is 0 Å². The molecule has 0 heterocycles. The summed E-state index contributed by atoms with van der Waals surface area (Å²) in [5, 5.41) is 36.8. The highest BCUT2D eigenvalue weighted by atomic mass is 16.4. The van der Waals surface area contributed by atoms with E-state index in [1.165, 1.54) is 0 Å². The molecule has 8 nitrogen and oxygen atoms in total. The second-order valence-corrected chi connectivity index (χ2v) is 5.82. The summed E-state index contributed by atoms with van der Waals surface area (Å²) in [4.78, 5) is 45.1. The summed E-state index contributed by atoms with van der Waals surface area (Å²) in [7, 11) is 0. The third kappa shape index (κ3) is 2.57. The third-order valence-electron chi connectivity index (χ3n) is 4.84. The van der Waals surface area contributed by atoms with Gasteiger partial charge in [0.1, 0.15) is 0 Å². The summed E-state index contributed by atoms with van der Waals surface area (Å²) in [6, 6.07) is 0. The fraction of sp³-hybridized carbons (Fsp3) is 0.692. The van der Waals surface area contributed by atoms with Crippen molar-refractivity contribution in [3.8, 4) is 0 Å². The van der Waals surface area contributed by atoms with E-state index in [-0.39, 0.29) is 19.3 Å². The van der Waals surface area contributed by atoms with E-state index in [0.717, 1.165) is 0 Å². The Bertz CT molecular complexity index is 498. The first-order chi connectivity index (χ1) is 9.73. The number of fused-ring (bicyclic) bond motifs is 1. The molecule has 2 rings (SSSR count). The van der Waals surface area contributed by atoms with Gasteiger partial charge in [-0.1, -0.05) is 0 Å². The zero-order valence-electron chi connectivity index (χ0n) is 11.0. The molecule has 2 aliphatic rings. The molecule has 4 N–H and O–H groups in total. The number of carboxylic acids is 4. The molecule has 0 aromatic carbocycles. The fourth-order valence-corrected chi connectivity index (χ4v) is 3.98. The van der Waals surface area contributed by atoms with Crippen molar-refractivity contribution < 1.29 is 39.6 Å². The lowest BCUT2D eigenvalue weighted by molar-refractivity contribution is -0.157. The Hall–Kier alpha value is -2.12. The predicted octanol–water partition coefficient (Wildman–Crippen LogP) is 0.219. The molecule has 2 saturated carbocycles. The Morgan fingerprint density at radius 2 is 1.10 bits per heavy atom. The number of hydrogen-bond acceptors (Lipinski definition) is 4. The maximum atomic E-state index is 11.4. The molecule has 116 valence electrons. The topological polar surface area (TPSA) is 149 Å². The Balaban J connectivity index is 2.40. The summed E-state index contributed by atoms with van der Waals surface area (Å²) in [6.45, 7) is 0. The van der Waals surface area contributed by atoms with Gasteiger partial charge < -0.3 is 20.4 Å². The lowest BCUT2D eigenvalue weighted by Crippen LogP contribution is -2.42. The van der Waals surface area contributed by atoms with E-state index in [2.05, 4.69) is 0 Å². The Morgan fingerprint density at radius 1 is 0.619 bits per heavy atom. The van der Waals surface area contributed by atoms with E-state index in [1.807, 2.05) is 0 Å². The van der Waals surface area contributed by atoms with Crippen LogP contribution in [0.2, 0.25) is 0 Å². The minimum Gasteiger partial charge on any atom is -0.481 e. The number of hydrogen-bond donors (Lipinski definition) is 4. The van der Waals surface area contributed by atoms with Crippen LogP contribution in [0.15, 0.2) is 0 Å². The van der Waals surface area contributed by atoms with E-state index in [4.69, 9.17) is 5.11 Å².